The summed E-state index contributed by atoms with van der Waals surface area (Å²) in [6.45, 7) is 4.14. The van der Waals surface area contributed by atoms with E-state index < -0.39 is 12.0 Å². The van der Waals surface area contributed by atoms with Gasteiger partial charge in [0.25, 0.3) is 0 Å². The number of carboxylic acids is 1. The lowest BCUT2D eigenvalue weighted by Crippen LogP contribution is -2.34. The minimum atomic E-state index is -1.09. The maximum absolute atomic E-state index is 12.0. The Morgan fingerprint density at radius 1 is 1.08 bits per heavy atom. The van der Waals surface area contributed by atoms with Crippen LogP contribution in [0.5, 0.6) is 5.75 Å². The van der Waals surface area contributed by atoms with E-state index in [1.54, 1.807) is 30.3 Å². The lowest BCUT2D eigenvalue weighted by atomic mass is 10.1. The average Bonchev–Trinajstić information content (AvgIpc) is 2.52. The van der Waals surface area contributed by atoms with Crippen molar-refractivity contribution in [2.24, 2.45) is 0 Å². The normalized spacial score (nSPS) is 11.6. The molecule has 2 rings (SSSR count). The third-order valence-corrected chi connectivity index (χ3v) is 3.48. The van der Waals surface area contributed by atoms with E-state index in [4.69, 9.17) is 4.74 Å². The van der Waals surface area contributed by atoms with Crippen LogP contribution in [0.25, 0.3) is 0 Å². The molecule has 126 valence electrons. The highest BCUT2D eigenvalue weighted by molar-refractivity contribution is 5.84. The highest BCUT2D eigenvalue weighted by Crippen LogP contribution is 2.16. The van der Waals surface area contributed by atoms with Gasteiger partial charge in [0, 0.05) is 0 Å². The van der Waals surface area contributed by atoms with E-state index in [1.807, 2.05) is 32.0 Å². The maximum atomic E-state index is 12.0. The molecule has 0 bridgehead atoms. The third-order valence-electron chi connectivity index (χ3n) is 3.48. The summed E-state index contributed by atoms with van der Waals surface area (Å²) in [5, 5.41) is 11.8. The topological polar surface area (TPSA) is 75.6 Å². The van der Waals surface area contributed by atoms with Crippen molar-refractivity contribution >= 4 is 11.9 Å². The Balaban J connectivity index is 1.88. The molecule has 0 aliphatic carbocycles. The molecular formula is C19H21NO4. The van der Waals surface area contributed by atoms with E-state index in [1.165, 1.54) is 0 Å². The Hall–Kier alpha value is -2.82. The molecule has 0 aliphatic rings. The monoisotopic (exact) mass is 327 g/mol. The van der Waals surface area contributed by atoms with Crippen molar-refractivity contribution in [3.05, 3.63) is 65.2 Å². The van der Waals surface area contributed by atoms with Crippen LogP contribution in [0.15, 0.2) is 48.5 Å². The molecule has 2 aromatic carbocycles. The Morgan fingerprint density at radius 3 is 2.29 bits per heavy atom. The van der Waals surface area contributed by atoms with Crippen LogP contribution < -0.4 is 10.1 Å². The summed E-state index contributed by atoms with van der Waals surface area (Å²) in [6, 6.07) is 13.4. The summed E-state index contributed by atoms with van der Waals surface area (Å²) in [7, 11) is 0. The van der Waals surface area contributed by atoms with Gasteiger partial charge in [-0.3, -0.25) is 4.79 Å². The van der Waals surface area contributed by atoms with Gasteiger partial charge in [-0.25, -0.2) is 4.79 Å². The van der Waals surface area contributed by atoms with E-state index >= 15 is 0 Å². The quantitative estimate of drug-likeness (QED) is 0.819. The first-order valence-electron chi connectivity index (χ1n) is 7.74. The van der Waals surface area contributed by atoms with Crippen molar-refractivity contribution in [3.63, 3.8) is 0 Å². The standard InChI is InChI=1S/C19H21NO4/c1-13-10-14(2)12-16(11-13)24-9-8-17(21)20-18(19(22)23)15-6-4-3-5-7-15/h3-7,10-12,18H,8-9H2,1-2H3,(H,20,21)(H,22,23)/t18-/m0/s1. The van der Waals surface area contributed by atoms with Crippen molar-refractivity contribution in [1.29, 1.82) is 0 Å². The molecule has 1 amide bonds. The van der Waals surface area contributed by atoms with Gasteiger partial charge in [-0.2, -0.15) is 0 Å². The van der Waals surface area contributed by atoms with Crippen molar-refractivity contribution in [3.8, 4) is 5.75 Å². The van der Waals surface area contributed by atoms with Gasteiger partial charge >= 0.3 is 5.97 Å². The van der Waals surface area contributed by atoms with E-state index in [-0.39, 0.29) is 18.9 Å². The molecule has 1 atom stereocenters. The minimum absolute atomic E-state index is 0.0869. The Morgan fingerprint density at radius 2 is 1.71 bits per heavy atom. The molecule has 2 N–H and O–H groups in total. The number of rotatable bonds is 7. The number of hydrogen-bond acceptors (Lipinski definition) is 3. The summed E-state index contributed by atoms with van der Waals surface area (Å²) < 4.78 is 5.58. The SMILES string of the molecule is Cc1cc(C)cc(OCCC(=O)N[C@H](C(=O)O)c2ccccc2)c1. The zero-order chi connectivity index (χ0) is 17.5. The number of benzene rings is 2. The zero-order valence-electron chi connectivity index (χ0n) is 13.8. The van der Waals surface area contributed by atoms with Crippen LogP contribution in [-0.4, -0.2) is 23.6 Å². The van der Waals surface area contributed by atoms with Crippen molar-refractivity contribution < 1.29 is 19.4 Å². The number of hydrogen-bond donors (Lipinski definition) is 2. The largest absolute Gasteiger partial charge is 0.493 e. The fraction of sp³-hybridized carbons (Fsp3) is 0.263. The highest BCUT2D eigenvalue weighted by Gasteiger charge is 2.21. The van der Waals surface area contributed by atoms with Crippen molar-refractivity contribution in [1.82, 2.24) is 5.32 Å². The third kappa shape index (κ3) is 5.12. The number of carbonyl (C=O) groups is 2. The fourth-order valence-electron chi connectivity index (χ4n) is 2.44. The van der Waals surface area contributed by atoms with Crippen LogP contribution in [0, 0.1) is 13.8 Å². The summed E-state index contributed by atoms with van der Waals surface area (Å²) in [6.07, 6.45) is 0.0869. The molecule has 0 aliphatic heterocycles. The number of aryl methyl sites for hydroxylation is 2. The first-order valence-corrected chi connectivity index (χ1v) is 7.74. The van der Waals surface area contributed by atoms with Crippen LogP contribution >= 0.6 is 0 Å². The Labute approximate surface area is 141 Å². The Bertz CT molecular complexity index is 692. The summed E-state index contributed by atoms with van der Waals surface area (Å²) in [5.74, 6) is -0.751. The lowest BCUT2D eigenvalue weighted by molar-refractivity contribution is -0.142. The minimum Gasteiger partial charge on any atom is -0.493 e. The van der Waals surface area contributed by atoms with Crippen LogP contribution in [0.4, 0.5) is 0 Å². The van der Waals surface area contributed by atoms with Gasteiger partial charge in [0.05, 0.1) is 13.0 Å². The van der Waals surface area contributed by atoms with Gasteiger partial charge in [-0.15, -0.1) is 0 Å². The molecule has 2 aromatic rings. The van der Waals surface area contributed by atoms with Gasteiger partial charge in [-0.1, -0.05) is 36.4 Å². The highest BCUT2D eigenvalue weighted by atomic mass is 16.5. The molecule has 5 heteroatoms. The van der Waals surface area contributed by atoms with Gasteiger partial charge in [0.15, 0.2) is 6.04 Å². The first-order chi connectivity index (χ1) is 11.5. The van der Waals surface area contributed by atoms with E-state index in [2.05, 4.69) is 5.32 Å². The summed E-state index contributed by atoms with van der Waals surface area (Å²) in [4.78, 5) is 23.4. The van der Waals surface area contributed by atoms with Crippen LogP contribution in [0.3, 0.4) is 0 Å². The number of carbonyl (C=O) groups excluding carboxylic acids is 1. The Kier molecular flexibility index (Phi) is 5.95. The van der Waals surface area contributed by atoms with E-state index in [0.29, 0.717) is 11.3 Å². The number of aliphatic carboxylic acids is 1. The molecule has 0 aromatic heterocycles. The molecule has 24 heavy (non-hydrogen) atoms. The number of amides is 1. The number of nitrogens with one attached hydrogen (secondary N) is 1. The zero-order valence-corrected chi connectivity index (χ0v) is 13.8. The molecule has 0 spiro atoms. The molecule has 5 nitrogen and oxygen atoms in total. The second kappa shape index (κ2) is 8.15. The molecular weight excluding hydrogens is 306 g/mol. The second-order valence-corrected chi connectivity index (χ2v) is 5.67. The van der Waals surface area contributed by atoms with Gasteiger partial charge in [0.2, 0.25) is 5.91 Å². The molecule has 0 fully saturated rings. The molecule has 0 unspecified atom stereocenters. The van der Waals surface area contributed by atoms with Gasteiger partial charge in [0.1, 0.15) is 5.75 Å². The van der Waals surface area contributed by atoms with Crippen LogP contribution in [0.1, 0.15) is 29.2 Å². The second-order valence-electron chi connectivity index (χ2n) is 5.67. The predicted octanol–water partition coefficient (Wildman–Crippen LogP) is 3.01. The lowest BCUT2D eigenvalue weighted by Gasteiger charge is -2.15. The predicted molar refractivity (Wildman–Crippen MR) is 91.0 cm³/mol. The molecule has 0 radical (unpaired) electrons. The number of carboxylic acid groups (broad SMARTS) is 1. The smallest absolute Gasteiger partial charge is 0.330 e. The van der Waals surface area contributed by atoms with Crippen molar-refractivity contribution in [2.45, 2.75) is 26.3 Å². The maximum Gasteiger partial charge on any atom is 0.330 e. The number of ether oxygens (including phenoxy) is 1. The van der Waals surface area contributed by atoms with Gasteiger partial charge in [-0.05, 0) is 42.7 Å². The molecule has 0 saturated heterocycles. The van der Waals surface area contributed by atoms with Gasteiger partial charge < -0.3 is 15.2 Å². The molecule has 0 heterocycles. The van der Waals surface area contributed by atoms with Crippen LogP contribution in [-0.2, 0) is 9.59 Å². The summed E-state index contributed by atoms with van der Waals surface area (Å²) in [5.41, 5.74) is 2.71. The molecule has 0 saturated carbocycles. The fourth-order valence-corrected chi connectivity index (χ4v) is 2.44. The first kappa shape index (κ1) is 17.5. The average molecular weight is 327 g/mol. The van der Waals surface area contributed by atoms with Crippen LogP contribution in [0.2, 0.25) is 0 Å². The van der Waals surface area contributed by atoms with Crippen molar-refractivity contribution in [2.75, 3.05) is 6.61 Å². The van der Waals surface area contributed by atoms with E-state index in [0.717, 1.165) is 11.1 Å². The van der Waals surface area contributed by atoms with E-state index in [9.17, 15) is 14.7 Å². The summed E-state index contributed by atoms with van der Waals surface area (Å²) >= 11 is 0.